The Bertz CT molecular complexity index is 336. The fourth-order valence-corrected chi connectivity index (χ4v) is 3.50. The zero-order chi connectivity index (χ0) is 15.8. The highest BCUT2D eigenvalue weighted by molar-refractivity contribution is 5.86. The van der Waals surface area contributed by atoms with E-state index in [9.17, 15) is 4.79 Å². The normalized spacial score (nSPS) is 20.6. The van der Waals surface area contributed by atoms with Crippen LogP contribution < -0.4 is 10.6 Å². The molecule has 0 bridgehead atoms. The predicted octanol–water partition coefficient (Wildman–Crippen LogP) is 2.17. The molecular weight excluding hydrogens is 383 g/mol. The van der Waals surface area contributed by atoms with Crippen molar-refractivity contribution in [3.8, 4) is 0 Å². The first-order chi connectivity index (χ1) is 10.7. The standard InChI is InChI=1S/C17H34N4O.3ClH/c1-3-20-10-12-21(13-11-20)15(2)14-19-17(22)5-4-16-6-8-18-9-7-16;;;/h15-16,18H,3-14H2,1-2H3,(H,19,22);3*1H. The second kappa shape index (κ2) is 15.3. The molecule has 8 heteroatoms. The van der Waals surface area contributed by atoms with E-state index < -0.39 is 0 Å². The molecule has 2 saturated heterocycles. The molecule has 0 spiro atoms. The van der Waals surface area contributed by atoms with E-state index in [1.165, 1.54) is 12.8 Å². The smallest absolute Gasteiger partial charge is 0.220 e. The summed E-state index contributed by atoms with van der Waals surface area (Å²) in [7, 11) is 0. The van der Waals surface area contributed by atoms with E-state index in [1.54, 1.807) is 0 Å². The van der Waals surface area contributed by atoms with Crippen LogP contribution in [0.2, 0.25) is 0 Å². The van der Waals surface area contributed by atoms with Crippen molar-refractivity contribution in [2.75, 3.05) is 52.4 Å². The molecule has 2 rings (SSSR count). The van der Waals surface area contributed by atoms with Crippen molar-refractivity contribution in [2.24, 2.45) is 5.92 Å². The molecule has 2 aliphatic heterocycles. The fourth-order valence-electron chi connectivity index (χ4n) is 3.50. The zero-order valence-corrected chi connectivity index (χ0v) is 18.1. The maximum atomic E-state index is 12.0. The second-order valence-electron chi connectivity index (χ2n) is 6.86. The molecule has 0 aromatic carbocycles. The van der Waals surface area contributed by atoms with Crippen LogP contribution >= 0.6 is 37.2 Å². The van der Waals surface area contributed by atoms with Crippen LogP contribution in [0.1, 0.15) is 39.5 Å². The number of hydrogen-bond acceptors (Lipinski definition) is 4. The van der Waals surface area contributed by atoms with Gasteiger partial charge in [-0.2, -0.15) is 0 Å². The number of carbonyl (C=O) groups excluding carboxylic acids is 1. The molecular formula is C17H37Cl3N4O. The molecule has 2 aliphatic rings. The minimum atomic E-state index is 0. The topological polar surface area (TPSA) is 47.6 Å². The maximum absolute atomic E-state index is 12.0. The third kappa shape index (κ3) is 10.2. The summed E-state index contributed by atoms with van der Waals surface area (Å²) in [5.74, 6) is 0.976. The van der Waals surface area contributed by atoms with Crippen LogP contribution in [0.15, 0.2) is 0 Å². The summed E-state index contributed by atoms with van der Waals surface area (Å²) in [5.41, 5.74) is 0. The third-order valence-corrected chi connectivity index (χ3v) is 5.31. The minimum Gasteiger partial charge on any atom is -0.355 e. The quantitative estimate of drug-likeness (QED) is 0.664. The number of piperidine rings is 1. The van der Waals surface area contributed by atoms with Gasteiger partial charge in [0.2, 0.25) is 5.91 Å². The van der Waals surface area contributed by atoms with E-state index in [0.717, 1.165) is 64.7 Å². The van der Waals surface area contributed by atoms with Gasteiger partial charge in [0.05, 0.1) is 0 Å². The van der Waals surface area contributed by atoms with Gasteiger partial charge in [0.15, 0.2) is 0 Å². The van der Waals surface area contributed by atoms with E-state index >= 15 is 0 Å². The van der Waals surface area contributed by atoms with Crippen LogP contribution in [-0.4, -0.2) is 74.1 Å². The number of amides is 1. The van der Waals surface area contributed by atoms with Crippen molar-refractivity contribution in [2.45, 2.75) is 45.6 Å². The zero-order valence-electron chi connectivity index (χ0n) is 15.7. The van der Waals surface area contributed by atoms with Crippen molar-refractivity contribution < 1.29 is 4.79 Å². The van der Waals surface area contributed by atoms with Crippen molar-refractivity contribution in [1.29, 1.82) is 0 Å². The van der Waals surface area contributed by atoms with Crippen LogP contribution in [0.3, 0.4) is 0 Å². The Labute approximate surface area is 172 Å². The van der Waals surface area contributed by atoms with Gasteiger partial charge in [-0.1, -0.05) is 6.92 Å². The Balaban J connectivity index is 0. The summed E-state index contributed by atoms with van der Waals surface area (Å²) in [6.07, 6.45) is 4.20. The van der Waals surface area contributed by atoms with Crippen LogP contribution in [0.5, 0.6) is 0 Å². The Morgan fingerprint density at radius 3 is 2.28 bits per heavy atom. The van der Waals surface area contributed by atoms with Gasteiger partial charge in [-0.15, -0.1) is 37.2 Å². The monoisotopic (exact) mass is 418 g/mol. The SMILES string of the molecule is CCN1CCN(C(C)CNC(=O)CCC2CCNCC2)CC1.Cl.Cl.Cl. The first-order valence-corrected chi connectivity index (χ1v) is 9.13. The van der Waals surface area contributed by atoms with Gasteiger partial charge < -0.3 is 15.5 Å². The van der Waals surface area contributed by atoms with Gasteiger partial charge in [-0.05, 0) is 51.7 Å². The largest absolute Gasteiger partial charge is 0.355 e. The third-order valence-electron chi connectivity index (χ3n) is 5.31. The van der Waals surface area contributed by atoms with E-state index in [-0.39, 0.29) is 43.1 Å². The number of nitrogens with one attached hydrogen (secondary N) is 2. The van der Waals surface area contributed by atoms with Crippen LogP contribution in [0.4, 0.5) is 0 Å². The fraction of sp³-hybridized carbons (Fsp3) is 0.941. The van der Waals surface area contributed by atoms with E-state index in [0.29, 0.717) is 12.5 Å². The highest BCUT2D eigenvalue weighted by Crippen LogP contribution is 2.17. The number of carbonyl (C=O) groups is 1. The molecule has 0 aliphatic carbocycles. The molecule has 0 radical (unpaired) electrons. The Morgan fingerprint density at radius 1 is 1.12 bits per heavy atom. The predicted molar refractivity (Wildman–Crippen MR) is 113 cm³/mol. The molecule has 1 unspecified atom stereocenters. The number of hydrogen-bond donors (Lipinski definition) is 2. The van der Waals surface area contributed by atoms with E-state index in [1.807, 2.05) is 0 Å². The molecule has 5 nitrogen and oxygen atoms in total. The second-order valence-corrected chi connectivity index (χ2v) is 6.86. The van der Waals surface area contributed by atoms with Crippen LogP contribution in [-0.2, 0) is 4.79 Å². The summed E-state index contributed by atoms with van der Waals surface area (Å²) in [5, 5.41) is 6.51. The van der Waals surface area contributed by atoms with Gasteiger partial charge in [0, 0.05) is 45.2 Å². The van der Waals surface area contributed by atoms with Crippen molar-refractivity contribution in [1.82, 2.24) is 20.4 Å². The molecule has 0 aromatic heterocycles. The lowest BCUT2D eigenvalue weighted by Gasteiger charge is -2.37. The highest BCUT2D eigenvalue weighted by atomic mass is 35.5. The highest BCUT2D eigenvalue weighted by Gasteiger charge is 2.20. The van der Waals surface area contributed by atoms with E-state index in [4.69, 9.17) is 0 Å². The first kappa shape index (κ1) is 27.4. The lowest BCUT2D eigenvalue weighted by molar-refractivity contribution is -0.121. The summed E-state index contributed by atoms with van der Waals surface area (Å²) in [4.78, 5) is 17.0. The van der Waals surface area contributed by atoms with Crippen molar-refractivity contribution in [3.05, 3.63) is 0 Å². The Hall–Kier alpha value is 0.220. The summed E-state index contributed by atoms with van der Waals surface area (Å²) >= 11 is 0. The number of rotatable bonds is 7. The van der Waals surface area contributed by atoms with E-state index in [2.05, 4.69) is 34.3 Å². The molecule has 1 atom stereocenters. The van der Waals surface area contributed by atoms with Gasteiger partial charge in [0.1, 0.15) is 0 Å². The molecule has 152 valence electrons. The van der Waals surface area contributed by atoms with Crippen LogP contribution in [0.25, 0.3) is 0 Å². The number of likely N-dealkylation sites (N-methyl/N-ethyl adjacent to an activating group) is 1. The van der Waals surface area contributed by atoms with Crippen LogP contribution in [0, 0.1) is 5.92 Å². The van der Waals surface area contributed by atoms with Gasteiger partial charge in [-0.3, -0.25) is 9.69 Å². The van der Waals surface area contributed by atoms with Crippen molar-refractivity contribution >= 4 is 43.1 Å². The summed E-state index contributed by atoms with van der Waals surface area (Å²) in [6, 6.07) is 0.446. The van der Waals surface area contributed by atoms with Gasteiger partial charge in [-0.25, -0.2) is 0 Å². The number of piperazine rings is 1. The summed E-state index contributed by atoms with van der Waals surface area (Å²) in [6.45, 7) is 13.2. The molecule has 2 N–H and O–H groups in total. The molecule has 2 heterocycles. The Morgan fingerprint density at radius 2 is 1.72 bits per heavy atom. The number of halogens is 3. The molecule has 0 saturated carbocycles. The average molecular weight is 420 g/mol. The molecule has 25 heavy (non-hydrogen) atoms. The van der Waals surface area contributed by atoms with Gasteiger partial charge >= 0.3 is 0 Å². The van der Waals surface area contributed by atoms with Crippen molar-refractivity contribution in [3.63, 3.8) is 0 Å². The van der Waals surface area contributed by atoms with Gasteiger partial charge in [0.25, 0.3) is 0 Å². The lowest BCUT2D eigenvalue weighted by Crippen LogP contribution is -2.52. The first-order valence-electron chi connectivity index (χ1n) is 9.13. The maximum Gasteiger partial charge on any atom is 0.220 e. The number of nitrogens with zero attached hydrogens (tertiary/aromatic N) is 2. The molecule has 2 fully saturated rings. The molecule has 1 amide bonds. The summed E-state index contributed by atoms with van der Waals surface area (Å²) < 4.78 is 0. The average Bonchev–Trinajstić information content (AvgIpc) is 2.58. The minimum absolute atomic E-state index is 0. The lowest BCUT2D eigenvalue weighted by atomic mass is 9.93. The Kier molecular flexibility index (Phi) is 16.8. The molecule has 0 aromatic rings.